The van der Waals surface area contributed by atoms with Crippen molar-refractivity contribution in [2.24, 2.45) is 0 Å². The summed E-state index contributed by atoms with van der Waals surface area (Å²) < 4.78 is 5.49. The predicted octanol–water partition coefficient (Wildman–Crippen LogP) is 3.99. The SMILES string of the molecule is Nc1ccccc1C(=O)N1CCCC(c2nc(-c3ccc(Cl)cc3)no2)C1. The number of nitrogens with zero attached hydrogens (tertiary/aromatic N) is 3. The van der Waals surface area contributed by atoms with Crippen molar-refractivity contribution in [1.82, 2.24) is 15.0 Å². The fourth-order valence-corrected chi connectivity index (χ4v) is 3.47. The molecule has 0 aliphatic carbocycles. The molecule has 6 nitrogen and oxygen atoms in total. The summed E-state index contributed by atoms with van der Waals surface area (Å²) in [7, 11) is 0. The Hall–Kier alpha value is -2.86. The number of carbonyl (C=O) groups is 1. The fraction of sp³-hybridized carbons (Fsp3) is 0.250. The van der Waals surface area contributed by atoms with Gasteiger partial charge in [-0.2, -0.15) is 4.98 Å². The first kappa shape index (κ1) is 17.5. The fourth-order valence-electron chi connectivity index (χ4n) is 3.34. The van der Waals surface area contributed by atoms with Crippen molar-refractivity contribution in [2.75, 3.05) is 18.8 Å². The van der Waals surface area contributed by atoms with Gasteiger partial charge in [-0.3, -0.25) is 4.79 Å². The molecule has 1 unspecified atom stereocenters. The Kier molecular flexibility index (Phi) is 4.81. The number of nitrogens with two attached hydrogens (primary N) is 1. The van der Waals surface area contributed by atoms with Gasteiger partial charge in [-0.05, 0) is 49.2 Å². The Morgan fingerprint density at radius 1 is 1.19 bits per heavy atom. The van der Waals surface area contributed by atoms with Crippen LogP contribution in [0, 0.1) is 0 Å². The van der Waals surface area contributed by atoms with Gasteiger partial charge in [-0.25, -0.2) is 0 Å². The summed E-state index contributed by atoms with van der Waals surface area (Å²) >= 11 is 5.92. The maximum atomic E-state index is 12.8. The van der Waals surface area contributed by atoms with E-state index in [1.165, 1.54) is 0 Å². The van der Waals surface area contributed by atoms with Gasteiger partial charge in [0.1, 0.15) is 0 Å². The molecule has 1 fully saturated rings. The van der Waals surface area contributed by atoms with Crippen LogP contribution < -0.4 is 5.73 Å². The lowest BCUT2D eigenvalue weighted by Crippen LogP contribution is -2.39. The minimum Gasteiger partial charge on any atom is -0.398 e. The molecule has 1 saturated heterocycles. The second-order valence-electron chi connectivity index (χ2n) is 6.64. The maximum Gasteiger partial charge on any atom is 0.255 e. The van der Waals surface area contributed by atoms with Crippen molar-refractivity contribution in [3.8, 4) is 11.4 Å². The number of rotatable bonds is 3. The van der Waals surface area contributed by atoms with Crippen LogP contribution in [0.5, 0.6) is 0 Å². The highest BCUT2D eigenvalue weighted by Crippen LogP contribution is 2.29. The lowest BCUT2D eigenvalue weighted by molar-refractivity contribution is 0.0696. The lowest BCUT2D eigenvalue weighted by Gasteiger charge is -2.31. The Morgan fingerprint density at radius 3 is 2.74 bits per heavy atom. The van der Waals surface area contributed by atoms with Gasteiger partial charge in [0.15, 0.2) is 0 Å². The zero-order valence-corrected chi connectivity index (χ0v) is 15.4. The molecule has 1 aromatic heterocycles. The number of hydrogen-bond donors (Lipinski definition) is 1. The van der Waals surface area contributed by atoms with E-state index in [0.717, 1.165) is 18.4 Å². The Balaban J connectivity index is 1.51. The van der Waals surface area contributed by atoms with Crippen molar-refractivity contribution in [3.05, 3.63) is 65.0 Å². The molecule has 0 radical (unpaired) electrons. The number of amides is 1. The topological polar surface area (TPSA) is 85.3 Å². The number of hydrogen-bond acceptors (Lipinski definition) is 5. The normalized spacial score (nSPS) is 17.1. The number of benzene rings is 2. The Bertz CT molecular complexity index is 955. The highest BCUT2D eigenvalue weighted by Gasteiger charge is 2.29. The molecule has 7 heteroatoms. The molecule has 1 aliphatic heterocycles. The predicted molar refractivity (Wildman–Crippen MR) is 103 cm³/mol. The third kappa shape index (κ3) is 3.66. The molecule has 0 saturated carbocycles. The molecule has 2 aromatic carbocycles. The molecule has 138 valence electrons. The first-order valence-electron chi connectivity index (χ1n) is 8.85. The van der Waals surface area contributed by atoms with Gasteiger partial charge in [0, 0.05) is 29.4 Å². The summed E-state index contributed by atoms with van der Waals surface area (Å²) in [6.07, 6.45) is 1.78. The number of nitrogen functional groups attached to an aromatic ring is 1. The highest BCUT2D eigenvalue weighted by atomic mass is 35.5. The first-order chi connectivity index (χ1) is 13.1. The smallest absolute Gasteiger partial charge is 0.255 e. The molecular formula is C20H19ClN4O2. The standard InChI is InChI=1S/C20H19ClN4O2/c21-15-9-7-13(8-10-15)18-23-19(27-24-18)14-4-3-11-25(12-14)20(26)16-5-1-2-6-17(16)22/h1-2,5-10,14H,3-4,11-12,22H2. The van der Waals surface area contributed by atoms with Crippen LogP contribution in [0.1, 0.15) is 35.0 Å². The monoisotopic (exact) mass is 382 g/mol. The minimum absolute atomic E-state index is 0.0150. The van der Waals surface area contributed by atoms with Crippen molar-refractivity contribution in [3.63, 3.8) is 0 Å². The van der Waals surface area contributed by atoms with Crippen molar-refractivity contribution in [1.29, 1.82) is 0 Å². The van der Waals surface area contributed by atoms with E-state index in [2.05, 4.69) is 10.1 Å². The number of aromatic nitrogens is 2. The lowest BCUT2D eigenvalue weighted by atomic mass is 9.97. The van der Waals surface area contributed by atoms with Crippen molar-refractivity contribution < 1.29 is 9.32 Å². The van der Waals surface area contributed by atoms with Crippen LogP contribution in [0.25, 0.3) is 11.4 Å². The first-order valence-corrected chi connectivity index (χ1v) is 9.23. The van der Waals surface area contributed by atoms with E-state index in [0.29, 0.717) is 41.1 Å². The van der Waals surface area contributed by atoms with Gasteiger partial charge >= 0.3 is 0 Å². The second kappa shape index (κ2) is 7.40. The largest absolute Gasteiger partial charge is 0.398 e. The van der Waals surface area contributed by atoms with E-state index in [1.807, 2.05) is 29.2 Å². The van der Waals surface area contributed by atoms with Crippen LogP contribution in [0.4, 0.5) is 5.69 Å². The molecule has 27 heavy (non-hydrogen) atoms. The third-order valence-electron chi connectivity index (χ3n) is 4.79. The highest BCUT2D eigenvalue weighted by molar-refractivity contribution is 6.30. The van der Waals surface area contributed by atoms with Crippen LogP contribution in [-0.2, 0) is 0 Å². The van der Waals surface area contributed by atoms with Gasteiger partial charge in [-0.15, -0.1) is 0 Å². The molecule has 0 bridgehead atoms. The van der Waals surface area contributed by atoms with Gasteiger partial charge in [0.25, 0.3) is 5.91 Å². The molecule has 4 rings (SSSR count). The molecule has 1 atom stereocenters. The zero-order chi connectivity index (χ0) is 18.8. The minimum atomic E-state index is -0.0600. The van der Waals surface area contributed by atoms with Gasteiger partial charge in [-0.1, -0.05) is 28.9 Å². The van der Waals surface area contributed by atoms with Crippen LogP contribution in [0.15, 0.2) is 53.1 Å². The quantitative estimate of drug-likeness (QED) is 0.692. The van der Waals surface area contributed by atoms with E-state index >= 15 is 0 Å². The average molecular weight is 383 g/mol. The van der Waals surface area contributed by atoms with E-state index in [1.54, 1.807) is 24.3 Å². The summed E-state index contributed by atoms with van der Waals surface area (Å²) in [5.41, 5.74) is 7.82. The van der Waals surface area contributed by atoms with E-state index in [9.17, 15) is 4.79 Å². The van der Waals surface area contributed by atoms with Crippen molar-refractivity contribution >= 4 is 23.2 Å². The Labute approximate surface area is 161 Å². The molecule has 1 aliphatic rings. The van der Waals surface area contributed by atoms with Crippen LogP contribution in [0.2, 0.25) is 5.02 Å². The molecule has 1 amide bonds. The summed E-state index contributed by atoms with van der Waals surface area (Å²) in [5, 5.41) is 4.74. The Morgan fingerprint density at radius 2 is 1.96 bits per heavy atom. The summed E-state index contributed by atoms with van der Waals surface area (Å²) in [4.78, 5) is 19.2. The number of carbonyl (C=O) groups excluding carboxylic acids is 1. The zero-order valence-electron chi connectivity index (χ0n) is 14.6. The average Bonchev–Trinajstić information content (AvgIpc) is 3.19. The summed E-state index contributed by atoms with van der Waals surface area (Å²) in [6.45, 7) is 1.23. The van der Waals surface area contributed by atoms with E-state index < -0.39 is 0 Å². The summed E-state index contributed by atoms with van der Waals surface area (Å²) in [5.74, 6) is 1.03. The molecular weight excluding hydrogens is 364 g/mol. The number of anilines is 1. The number of halogens is 1. The van der Waals surface area contributed by atoms with Crippen molar-refractivity contribution in [2.45, 2.75) is 18.8 Å². The number of para-hydroxylation sites is 1. The van der Waals surface area contributed by atoms with Crippen LogP contribution in [-0.4, -0.2) is 34.0 Å². The molecule has 0 spiro atoms. The second-order valence-corrected chi connectivity index (χ2v) is 7.08. The third-order valence-corrected chi connectivity index (χ3v) is 5.05. The maximum absolute atomic E-state index is 12.8. The van der Waals surface area contributed by atoms with Gasteiger partial charge in [0.05, 0.1) is 11.5 Å². The van der Waals surface area contributed by atoms with Gasteiger partial charge in [0.2, 0.25) is 11.7 Å². The molecule has 2 N–H and O–H groups in total. The van der Waals surface area contributed by atoms with Crippen LogP contribution >= 0.6 is 11.6 Å². The molecule has 3 aromatic rings. The summed E-state index contributed by atoms with van der Waals surface area (Å²) in [6, 6.07) is 14.4. The number of piperidine rings is 1. The molecule has 2 heterocycles. The van der Waals surface area contributed by atoms with Crippen LogP contribution in [0.3, 0.4) is 0 Å². The number of likely N-dealkylation sites (tertiary alicyclic amines) is 1. The van der Waals surface area contributed by atoms with Gasteiger partial charge < -0.3 is 15.2 Å². The van der Waals surface area contributed by atoms with E-state index in [-0.39, 0.29) is 11.8 Å². The van der Waals surface area contributed by atoms with E-state index in [4.69, 9.17) is 21.9 Å².